The normalized spacial score (nSPS) is 12.3. The number of sulfonamides is 1. The summed E-state index contributed by atoms with van der Waals surface area (Å²) in [6.45, 7) is 4.50. The number of aryl methyl sites for hydroxylation is 1. The summed E-state index contributed by atoms with van der Waals surface area (Å²) in [5.74, 6) is 0.385. The largest absolute Gasteiger partial charge is 0.355 e. The number of benzene rings is 1. The molecule has 0 aliphatic rings. The van der Waals surface area contributed by atoms with E-state index in [9.17, 15) is 12.8 Å². The molecule has 0 saturated carbocycles. The summed E-state index contributed by atoms with van der Waals surface area (Å²) in [7, 11) is -1.55. The third-order valence-electron chi connectivity index (χ3n) is 3.03. The van der Waals surface area contributed by atoms with E-state index in [1.54, 1.807) is 33.0 Å². The smallest absolute Gasteiger partial charge is 0.211 e. The Morgan fingerprint density at radius 2 is 2.00 bits per heavy atom. The van der Waals surface area contributed by atoms with Crippen LogP contribution in [0.25, 0.3) is 0 Å². The molecule has 0 heterocycles. The van der Waals surface area contributed by atoms with E-state index in [1.807, 2.05) is 0 Å². The second kappa shape index (κ2) is 8.70. The number of hydrogen-bond donors (Lipinski definition) is 3. The minimum absolute atomic E-state index is 0.0594. The molecule has 6 nitrogen and oxygen atoms in total. The van der Waals surface area contributed by atoms with E-state index in [2.05, 4.69) is 20.3 Å². The van der Waals surface area contributed by atoms with Crippen molar-refractivity contribution in [1.29, 1.82) is 0 Å². The average molecular weight is 330 g/mol. The predicted molar refractivity (Wildman–Crippen MR) is 86.8 cm³/mol. The summed E-state index contributed by atoms with van der Waals surface area (Å²) in [5.41, 5.74) is 1.53. The number of hydrogen-bond acceptors (Lipinski definition) is 3. The highest BCUT2D eigenvalue weighted by Crippen LogP contribution is 2.08. The number of guanidine groups is 1. The summed E-state index contributed by atoms with van der Waals surface area (Å²) < 4.78 is 38.2. The van der Waals surface area contributed by atoms with Crippen LogP contribution in [-0.2, 0) is 16.6 Å². The molecule has 0 amide bonds. The van der Waals surface area contributed by atoms with Crippen LogP contribution in [0.15, 0.2) is 23.2 Å². The summed E-state index contributed by atoms with van der Waals surface area (Å²) in [5, 5.41) is 6.08. The first-order valence-electron chi connectivity index (χ1n) is 7.05. The van der Waals surface area contributed by atoms with E-state index in [0.29, 0.717) is 24.6 Å². The number of halogens is 1. The Labute approximate surface area is 131 Å². The van der Waals surface area contributed by atoms with Crippen molar-refractivity contribution in [2.45, 2.75) is 20.4 Å². The Morgan fingerprint density at radius 3 is 2.59 bits per heavy atom. The maximum Gasteiger partial charge on any atom is 0.211 e. The molecule has 0 aliphatic heterocycles. The third kappa shape index (κ3) is 6.40. The summed E-state index contributed by atoms with van der Waals surface area (Å²) >= 11 is 0. The molecule has 0 unspecified atom stereocenters. The molecular weight excluding hydrogens is 307 g/mol. The molecule has 8 heteroatoms. The van der Waals surface area contributed by atoms with Crippen LogP contribution in [0.2, 0.25) is 0 Å². The zero-order chi connectivity index (χ0) is 16.6. The van der Waals surface area contributed by atoms with Gasteiger partial charge in [-0.1, -0.05) is 12.1 Å². The van der Waals surface area contributed by atoms with Gasteiger partial charge in [-0.15, -0.1) is 0 Å². The van der Waals surface area contributed by atoms with Gasteiger partial charge in [0.1, 0.15) is 5.82 Å². The fourth-order valence-corrected chi connectivity index (χ4v) is 2.33. The molecule has 0 bridgehead atoms. The number of nitrogens with zero attached hydrogens (tertiary/aromatic N) is 1. The first-order chi connectivity index (χ1) is 10.4. The molecule has 0 saturated heterocycles. The van der Waals surface area contributed by atoms with Crippen LogP contribution in [0, 0.1) is 12.7 Å². The molecule has 1 aromatic rings. The molecule has 0 radical (unpaired) electrons. The third-order valence-corrected chi connectivity index (χ3v) is 4.43. The van der Waals surface area contributed by atoms with Crippen molar-refractivity contribution < 1.29 is 12.8 Å². The molecule has 22 heavy (non-hydrogen) atoms. The number of rotatable bonds is 7. The fourth-order valence-electron chi connectivity index (χ4n) is 1.71. The van der Waals surface area contributed by atoms with Gasteiger partial charge in [0.15, 0.2) is 5.96 Å². The molecule has 0 spiro atoms. The van der Waals surface area contributed by atoms with E-state index in [-0.39, 0.29) is 18.1 Å². The van der Waals surface area contributed by atoms with Crippen LogP contribution in [-0.4, -0.2) is 40.3 Å². The lowest BCUT2D eigenvalue weighted by molar-refractivity contribution is 0.581. The minimum atomic E-state index is -3.17. The SMILES string of the molecule is CCS(=O)(=O)NCCNC(=NC)NCc1ccc(F)c(C)c1. The summed E-state index contributed by atoms with van der Waals surface area (Å²) in [4.78, 5) is 4.04. The second-order valence-corrected chi connectivity index (χ2v) is 6.83. The number of aliphatic imine (C=N–C) groups is 1. The van der Waals surface area contributed by atoms with E-state index in [1.165, 1.54) is 6.07 Å². The lowest BCUT2D eigenvalue weighted by Gasteiger charge is -2.12. The van der Waals surface area contributed by atoms with Gasteiger partial charge >= 0.3 is 0 Å². The summed E-state index contributed by atoms with van der Waals surface area (Å²) in [6.07, 6.45) is 0. The van der Waals surface area contributed by atoms with Gasteiger partial charge in [-0.05, 0) is 31.0 Å². The van der Waals surface area contributed by atoms with E-state index >= 15 is 0 Å². The standard InChI is InChI=1S/C14H23FN4O2S/c1-4-22(20,21)19-8-7-17-14(16-3)18-10-12-5-6-13(15)11(2)9-12/h5-6,9,19H,4,7-8,10H2,1-3H3,(H2,16,17,18). The molecule has 0 aliphatic carbocycles. The summed E-state index contributed by atoms with van der Waals surface area (Å²) in [6, 6.07) is 4.91. The Bertz CT molecular complexity index is 617. The molecule has 0 atom stereocenters. The van der Waals surface area contributed by atoms with Crippen molar-refractivity contribution in [3.05, 3.63) is 35.1 Å². The fraction of sp³-hybridized carbons (Fsp3) is 0.500. The van der Waals surface area contributed by atoms with Gasteiger partial charge in [-0.3, -0.25) is 4.99 Å². The van der Waals surface area contributed by atoms with Crippen molar-refractivity contribution in [1.82, 2.24) is 15.4 Å². The van der Waals surface area contributed by atoms with Crippen LogP contribution in [0.3, 0.4) is 0 Å². The Balaban J connectivity index is 2.38. The van der Waals surface area contributed by atoms with Crippen molar-refractivity contribution in [2.24, 2.45) is 4.99 Å². The van der Waals surface area contributed by atoms with Gasteiger partial charge in [0, 0.05) is 26.7 Å². The maximum absolute atomic E-state index is 13.2. The molecule has 1 rings (SSSR count). The Morgan fingerprint density at radius 1 is 1.27 bits per heavy atom. The lowest BCUT2D eigenvalue weighted by atomic mass is 10.1. The molecule has 0 fully saturated rings. The number of nitrogens with one attached hydrogen (secondary N) is 3. The van der Waals surface area contributed by atoms with Gasteiger partial charge in [0.25, 0.3) is 0 Å². The second-order valence-electron chi connectivity index (χ2n) is 4.73. The molecular formula is C14H23FN4O2S. The van der Waals surface area contributed by atoms with Crippen molar-refractivity contribution >= 4 is 16.0 Å². The van der Waals surface area contributed by atoms with Gasteiger partial charge in [0.2, 0.25) is 10.0 Å². The maximum atomic E-state index is 13.2. The monoisotopic (exact) mass is 330 g/mol. The van der Waals surface area contributed by atoms with Crippen LogP contribution < -0.4 is 15.4 Å². The van der Waals surface area contributed by atoms with Crippen molar-refractivity contribution in [3.63, 3.8) is 0 Å². The Kier molecular flexibility index (Phi) is 7.26. The molecule has 124 valence electrons. The topological polar surface area (TPSA) is 82.6 Å². The van der Waals surface area contributed by atoms with Crippen LogP contribution >= 0.6 is 0 Å². The lowest BCUT2D eigenvalue weighted by Crippen LogP contribution is -2.41. The molecule has 3 N–H and O–H groups in total. The van der Waals surface area contributed by atoms with Crippen molar-refractivity contribution in [2.75, 3.05) is 25.9 Å². The quantitative estimate of drug-likeness (QED) is 0.391. The van der Waals surface area contributed by atoms with Gasteiger partial charge in [-0.25, -0.2) is 17.5 Å². The minimum Gasteiger partial charge on any atom is -0.355 e. The molecule has 1 aromatic carbocycles. The highest BCUT2D eigenvalue weighted by atomic mass is 32.2. The van der Waals surface area contributed by atoms with E-state index in [0.717, 1.165) is 5.56 Å². The highest BCUT2D eigenvalue weighted by molar-refractivity contribution is 7.89. The predicted octanol–water partition coefficient (Wildman–Crippen LogP) is 0.738. The van der Waals surface area contributed by atoms with Crippen molar-refractivity contribution in [3.8, 4) is 0 Å². The average Bonchev–Trinajstić information content (AvgIpc) is 2.50. The van der Waals surface area contributed by atoms with Gasteiger partial charge in [-0.2, -0.15) is 0 Å². The van der Waals surface area contributed by atoms with Gasteiger partial charge < -0.3 is 10.6 Å². The highest BCUT2D eigenvalue weighted by Gasteiger charge is 2.05. The van der Waals surface area contributed by atoms with E-state index in [4.69, 9.17) is 0 Å². The first-order valence-corrected chi connectivity index (χ1v) is 8.70. The Hall–Kier alpha value is -1.67. The van der Waals surface area contributed by atoms with Crippen LogP contribution in [0.1, 0.15) is 18.1 Å². The zero-order valence-electron chi connectivity index (χ0n) is 13.1. The van der Waals surface area contributed by atoms with Crippen LogP contribution in [0.5, 0.6) is 0 Å². The first kappa shape index (κ1) is 18.4. The molecule has 0 aromatic heterocycles. The van der Waals surface area contributed by atoms with Gasteiger partial charge in [0.05, 0.1) is 5.75 Å². The zero-order valence-corrected chi connectivity index (χ0v) is 13.9. The van der Waals surface area contributed by atoms with Crippen LogP contribution in [0.4, 0.5) is 4.39 Å². The van der Waals surface area contributed by atoms with E-state index < -0.39 is 10.0 Å².